The van der Waals surface area contributed by atoms with Crippen molar-refractivity contribution in [2.24, 2.45) is 0 Å². The van der Waals surface area contributed by atoms with Crippen molar-refractivity contribution >= 4 is 16.9 Å². The fourth-order valence-corrected chi connectivity index (χ4v) is 3.12. The predicted octanol–water partition coefficient (Wildman–Crippen LogP) is 3.28. The highest BCUT2D eigenvalue weighted by molar-refractivity contribution is 5.93. The molecule has 1 aromatic heterocycles. The van der Waals surface area contributed by atoms with Crippen molar-refractivity contribution in [2.45, 2.75) is 19.3 Å². The molecule has 0 aliphatic carbocycles. The summed E-state index contributed by atoms with van der Waals surface area (Å²) < 4.78 is 47.2. The third-order valence-corrected chi connectivity index (χ3v) is 4.40. The SMILES string of the molecule is CONC(C)c1cccc2c1c(=O)c(C(=O)OC)nn2-c1ccc(OC(F)(F)F)cc1. The van der Waals surface area contributed by atoms with E-state index in [9.17, 15) is 22.8 Å². The minimum absolute atomic E-state index is 0.186. The summed E-state index contributed by atoms with van der Waals surface area (Å²) in [5.74, 6) is -1.37. The molecule has 0 saturated carbocycles. The summed E-state index contributed by atoms with van der Waals surface area (Å²) in [6, 6.07) is 9.40. The van der Waals surface area contributed by atoms with Crippen molar-refractivity contribution in [2.75, 3.05) is 14.2 Å². The average Bonchev–Trinajstić information content (AvgIpc) is 2.73. The molecule has 0 fully saturated rings. The number of esters is 1. The van der Waals surface area contributed by atoms with Crippen LogP contribution in [-0.2, 0) is 9.57 Å². The average molecular weight is 437 g/mol. The number of benzene rings is 2. The van der Waals surface area contributed by atoms with Gasteiger partial charge in [-0.2, -0.15) is 10.6 Å². The largest absolute Gasteiger partial charge is 0.573 e. The lowest BCUT2D eigenvalue weighted by Crippen LogP contribution is -2.26. The molecule has 164 valence electrons. The fourth-order valence-electron chi connectivity index (χ4n) is 3.12. The van der Waals surface area contributed by atoms with Crippen LogP contribution in [0.2, 0.25) is 0 Å². The number of rotatable bonds is 6. The first-order valence-electron chi connectivity index (χ1n) is 8.95. The molecule has 1 unspecified atom stereocenters. The summed E-state index contributed by atoms with van der Waals surface area (Å²) in [6.07, 6.45) is -4.83. The van der Waals surface area contributed by atoms with Crippen molar-refractivity contribution in [1.82, 2.24) is 15.3 Å². The molecule has 0 spiro atoms. The number of carbonyl (C=O) groups is 1. The summed E-state index contributed by atoms with van der Waals surface area (Å²) in [4.78, 5) is 30.2. The van der Waals surface area contributed by atoms with Gasteiger partial charge in [0.1, 0.15) is 5.75 Å². The summed E-state index contributed by atoms with van der Waals surface area (Å²) in [7, 11) is 2.54. The van der Waals surface area contributed by atoms with E-state index in [0.29, 0.717) is 16.8 Å². The molecule has 0 aliphatic rings. The van der Waals surface area contributed by atoms with Crippen LogP contribution in [0.5, 0.6) is 5.75 Å². The van der Waals surface area contributed by atoms with Gasteiger partial charge in [0, 0.05) is 0 Å². The first-order chi connectivity index (χ1) is 14.7. The monoisotopic (exact) mass is 437 g/mol. The molecule has 1 heterocycles. The lowest BCUT2D eigenvalue weighted by atomic mass is 10.0. The van der Waals surface area contributed by atoms with Gasteiger partial charge in [-0.1, -0.05) is 12.1 Å². The van der Waals surface area contributed by atoms with E-state index >= 15 is 0 Å². The number of alkyl halides is 3. The topological polar surface area (TPSA) is 91.7 Å². The summed E-state index contributed by atoms with van der Waals surface area (Å²) >= 11 is 0. The van der Waals surface area contributed by atoms with E-state index < -0.39 is 35.2 Å². The fraction of sp³-hybridized carbons (Fsp3) is 0.250. The highest BCUT2D eigenvalue weighted by Crippen LogP contribution is 2.26. The van der Waals surface area contributed by atoms with Crippen molar-refractivity contribution in [1.29, 1.82) is 0 Å². The van der Waals surface area contributed by atoms with E-state index in [1.54, 1.807) is 25.1 Å². The van der Waals surface area contributed by atoms with Gasteiger partial charge in [0.05, 0.1) is 36.9 Å². The van der Waals surface area contributed by atoms with E-state index in [1.807, 2.05) is 0 Å². The molecule has 0 radical (unpaired) electrons. The Bertz CT molecular complexity index is 1160. The van der Waals surface area contributed by atoms with Gasteiger partial charge in [-0.25, -0.2) is 9.48 Å². The number of hydrogen-bond acceptors (Lipinski definition) is 7. The number of nitrogens with zero attached hydrogens (tertiary/aromatic N) is 2. The van der Waals surface area contributed by atoms with Gasteiger partial charge in [-0.15, -0.1) is 13.2 Å². The molecule has 1 atom stereocenters. The van der Waals surface area contributed by atoms with Crippen molar-refractivity contribution in [3.63, 3.8) is 0 Å². The van der Waals surface area contributed by atoms with Gasteiger partial charge in [0.2, 0.25) is 11.1 Å². The standard InChI is InChI=1S/C20H18F3N3O5/c1-11(25-30-3)14-5-4-6-15-16(14)18(27)17(19(28)29-2)24-26(15)12-7-9-13(10-8-12)31-20(21,22)23/h4-11,25H,1-3H3. The number of carbonyl (C=O) groups excluding carboxylic acids is 1. The molecule has 11 heteroatoms. The van der Waals surface area contributed by atoms with Crippen molar-refractivity contribution < 1.29 is 32.3 Å². The number of hydrogen-bond donors (Lipinski definition) is 1. The number of nitrogens with one attached hydrogen (secondary N) is 1. The van der Waals surface area contributed by atoms with Gasteiger partial charge in [-0.3, -0.25) is 4.79 Å². The first kappa shape index (κ1) is 22.2. The Morgan fingerprint density at radius 3 is 2.39 bits per heavy atom. The minimum Gasteiger partial charge on any atom is -0.464 e. The van der Waals surface area contributed by atoms with Crippen LogP contribution in [0, 0.1) is 0 Å². The Morgan fingerprint density at radius 2 is 1.81 bits per heavy atom. The molecular formula is C20H18F3N3O5. The lowest BCUT2D eigenvalue weighted by molar-refractivity contribution is -0.274. The molecule has 8 nitrogen and oxygen atoms in total. The Hall–Kier alpha value is -3.44. The lowest BCUT2D eigenvalue weighted by Gasteiger charge is -2.18. The molecule has 2 aromatic carbocycles. The van der Waals surface area contributed by atoms with Crippen LogP contribution in [0.15, 0.2) is 47.3 Å². The van der Waals surface area contributed by atoms with E-state index in [2.05, 4.69) is 20.1 Å². The third-order valence-electron chi connectivity index (χ3n) is 4.40. The number of fused-ring (bicyclic) bond motifs is 1. The zero-order valence-electron chi connectivity index (χ0n) is 16.7. The Kier molecular flexibility index (Phi) is 6.27. The second-order valence-corrected chi connectivity index (χ2v) is 6.41. The number of halogens is 3. The highest BCUT2D eigenvalue weighted by Gasteiger charge is 2.31. The minimum atomic E-state index is -4.83. The Morgan fingerprint density at radius 1 is 1.13 bits per heavy atom. The summed E-state index contributed by atoms with van der Waals surface area (Å²) in [5, 5.41) is 4.29. The molecule has 0 bridgehead atoms. The maximum atomic E-state index is 13.1. The molecular weight excluding hydrogens is 419 g/mol. The zero-order valence-corrected chi connectivity index (χ0v) is 16.7. The highest BCUT2D eigenvalue weighted by atomic mass is 19.4. The van der Waals surface area contributed by atoms with Crippen LogP contribution >= 0.6 is 0 Å². The van der Waals surface area contributed by atoms with Gasteiger partial charge in [0.25, 0.3) is 0 Å². The van der Waals surface area contributed by atoms with E-state index in [-0.39, 0.29) is 5.39 Å². The summed E-state index contributed by atoms with van der Waals surface area (Å²) in [5.41, 5.74) is 2.78. The number of methoxy groups -OCH3 is 1. The second-order valence-electron chi connectivity index (χ2n) is 6.41. The van der Waals surface area contributed by atoms with E-state index in [1.165, 1.54) is 23.9 Å². The molecule has 3 rings (SSSR count). The number of ether oxygens (including phenoxy) is 2. The van der Waals surface area contributed by atoms with Crippen LogP contribution in [0.3, 0.4) is 0 Å². The first-order valence-corrected chi connectivity index (χ1v) is 8.95. The quantitative estimate of drug-likeness (QED) is 0.467. The second kappa shape index (κ2) is 8.74. The molecule has 3 aromatic rings. The molecule has 0 saturated heterocycles. The molecule has 0 aliphatic heterocycles. The van der Waals surface area contributed by atoms with Gasteiger partial charge in [-0.05, 0) is 42.8 Å². The van der Waals surface area contributed by atoms with Crippen molar-refractivity contribution in [3.05, 3.63) is 63.9 Å². The smallest absolute Gasteiger partial charge is 0.464 e. The van der Waals surface area contributed by atoms with E-state index in [4.69, 9.17) is 4.84 Å². The van der Waals surface area contributed by atoms with Crippen LogP contribution in [0.4, 0.5) is 13.2 Å². The Balaban J connectivity index is 2.26. The molecule has 31 heavy (non-hydrogen) atoms. The van der Waals surface area contributed by atoms with E-state index in [0.717, 1.165) is 19.2 Å². The van der Waals surface area contributed by atoms with Crippen LogP contribution in [0.1, 0.15) is 29.0 Å². The maximum absolute atomic E-state index is 13.1. The Labute approximate surface area is 174 Å². The van der Waals surface area contributed by atoms with Crippen LogP contribution in [-0.4, -0.2) is 36.3 Å². The zero-order chi connectivity index (χ0) is 22.8. The van der Waals surface area contributed by atoms with Gasteiger partial charge >= 0.3 is 12.3 Å². The predicted molar refractivity (Wildman–Crippen MR) is 104 cm³/mol. The van der Waals surface area contributed by atoms with Crippen LogP contribution in [0.25, 0.3) is 16.6 Å². The number of aromatic nitrogens is 2. The van der Waals surface area contributed by atoms with Crippen LogP contribution < -0.4 is 15.6 Å². The third kappa shape index (κ3) is 4.67. The van der Waals surface area contributed by atoms with Gasteiger partial charge in [0.15, 0.2) is 0 Å². The maximum Gasteiger partial charge on any atom is 0.573 e. The normalized spacial score (nSPS) is 12.6. The molecule has 1 N–H and O–H groups in total. The summed E-state index contributed by atoms with van der Waals surface area (Å²) in [6.45, 7) is 1.75. The molecule has 0 amide bonds. The van der Waals surface area contributed by atoms with Crippen molar-refractivity contribution in [3.8, 4) is 11.4 Å². The van der Waals surface area contributed by atoms with Gasteiger partial charge < -0.3 is 14.3 Å². The number of hydroxylamine groups is 1.